The first-order valence-electron chi connectivity index (χ1n) is 13.1. The Balaban J connectivity index is 1.82. The number of benzene rings is 3. The van der Waals surface area contributed by atoms with Crippen molar-refractivity contribution >= 4 is 21.7 Å². The van der Waals surface area contributed by atoms with Gasteiger partial charge < -0.3 is 9.47 Å². The van der Waals surface area contributed by atoms with Crippen molar-refractivity contribution in [2.75, 3.05) is 10.8 Å². The highest BCUT2D eigenvalue weighted by molar-refractivity contribution is 7.92. The van der Waals surface area contributed by atoms with Crippen LogP contribution in [-0.2, 0) is 25.7 Å². The van der Waals surface area contributed by atoms with Gasteiger partial charge in [0, 0.05) is 11.5 Å². The van der Waals surface area contributed by atoms with E-state index in [0.717, 1.165) is 40.7 Å². The van der Waals surface area contributed by atoms with Gasteiger partial charge in [-0.15, -0.1) is 0 Å². The van der Waals surface area contributed by atoms with Crippen LogP contribution in [0.4, 0.5) is 27.6 Å². The van der Waals surface area contributed by atoms with Crippen LogP contribution in [0, 0.1) is 23.5 Å². The lowest BCUT2D eigenvalue weighted by Crippen LogP contribution is -2.48. The quantitative estimate of drug-likeness (QED) is 0.217. The number of halogens is 5. The number of carbonyl (C=O) groups is 1. The lowest BCUT2D eigenvalue weighted by Gasteiger charge is -2.39. The molecule has 0 amide bonds. The standard InChI is InChI=1S/C30H30F5NO5S/c1-17(18(2)28(37)41-29(3,4)5)27-16-36(42(38,39)22-8-6-7-20(14-22)30(33,34)35)25-13-19(9-12-26(25)40-27)23-15-21(31)10-11-24(23)32/h6-15,17-18,27H,16H2,1-5H3/t17?,18-,27?/m1/s1. The summed E-state index contributed by atoms with van der Waals surface area (Å²) in [5, 5.41) is 0. The molecule has 0 bridgehead atoms. The zero-order valence-electron chi connectivity index (χ0n) is 23.5. The van der Waals surface area contributed by atoms with E-state index in [0.29, 0.717) is 6.07 Å². The van der Waals surface area contributed by atoms with Gasteiger partial charge in [-0.25, -0.2) is 17.2 Å². The Morgan fingerprint density at radius 3 is 2.33 bits per heavy atom. The molecule has 0 radical (unpaired) electrons. The van der Waals surface area contributed by atoms with Crippen LogP contribution in [0.1, 0.15) is 40.2 Å². The number of hydrogen-bond acceptors (Lipinski definition) is 5. The summed E-state index contributed by atoms with van der Waals surface area (Å²) in [6.45, 7) is 8.03. The molecule has 3 aromatic rings. The molecule has 3 atom stereocenters. The van der Waals surface area contributed by atoms with Crippen molar-refractivity contribution in [2.45, 2.75) is 57.4 Å². The minimum Gasteiger partial charge on any atom is -0.486 e. The summed E-state index contributed by atoms with van der Waals surface area (Å²) in [4.78, 5) is 12.2. The Bertz CT molecular complexity index is 1600. The van der Waals surface area contributed by atoms with E-state index in [1.807, 2.05) is 0 Å². The summed E-state index contributed by atoms with van der Waals surface area (Å²) < 4.78 is 109. The number of hydrogen-bond donors (Lipinski definition) is 0. The van der Waals surface area contributed by atoms with Crippen molar-refractivity contribution in [2.24, 2.45) is 11.8 Å². The average molecular weight is 612 g/mol. The smallest absolute Gasteiger partial charge is 0.416 e. The molecule has 2 unspecified atom stereocenters. The lowest BCUT2D eigenvalue weighted by atomic mass is 9.89. The van der Waals surface area contributed by atoms with Gasteiger partial charge in [0.1, 0.15) is 29.1 Å². The Hall–Kier alpha value is -3.67. The van der Waals surface area contributed by atoms with E-state index in [9.17, 15) is 35.2 Å². The summed E-state index contributed by atoms with van der Waals surface area (Å²) in [7, 11) is -4.65. The minimum absolute atomic E-state index is 0.0330. The molecular weight excluding hydrogens is 581 g/mol. The summed E-state index contributed by atoms with van der Waals surface area (Å²) >= 11 is 0. The molecule has 0 fully saturated rings. The third-order valence-electron chi connectivity index (χ3n) is 6.99. The maximum atomic E-state index is 14.6. The van der Waals surface area contributed by atoms with Crippen LogP contribution in [0.15, 0.2) is 65.6 Å². The SMILES string of the molecule is CC(C1CN(S(=O)(=O)c2cccc(C(F)(F)F)c2)c2cc(-c3cc(F)ccc3F)ccc2O1)[C@@H](C)C(=O)OC(C)(C)C. The van der Waals surface area contributed by atoms with E-state index in [1.165, 1.54) is 18.2 Å². The number of nitrogens with zero attached hydrogens (tertiary/aromatic N) is 1. The van der Waals surface area contributed by atoms with Gasteiger partial charge in [-0.1, -0.05) is 26.0 Å². The summed E-state index contributed by atoms with van der Waals surface area (Å²) in [6.07, 6.45) is -5.71. The fraction of sp³-hybridized carbons (Fsp3) is 0.367. The van der Waals surface area contributed by atoms with Crippen molar-refractivity contribution in [3.63, 3.8) is 0 Å². The average Bonchev–Trinajstić information content (AvgIpc) is 2.91. The molecule has 226 valence electrons. The number of rotatable bonds is 6. The van der Waals surface area contributed by atoms with E-state index in [-0.39, 0.29) is 29.1 Å². The largest absolute Gasteiger partial charge is 0.486 e. The number of fused-ring (bicyclic) bond motifs is 1. The van der Waals surface area contributed by atoms with Crippen LogP contribution in [0.5, 0.6) is 5.75 Å². The maximum Gasteiger partial charge on any atom is 0.416 e. The van der Waals surface area contributed by atoms with Gasteiger partial charge in [-0.2, -0.15) is 13.2 Å². The van der Waals surface area contributed by atoms with Gasteiger partial charge in [-0.3, -0.25) is 9.10 Å². The molecule has 6 nitrogen and oxygen atoms in total. The second-order valence-electron chi connectivity index (χ2n) is 11.2. The van der Waals surface area contributed by atoms with Crippen LogP contribution in [0.3, 0.4) is 0 Å². The lowest BCUT2D eigenvalue weighted by molar-refractivity contribution is -0.162. The molecule has 0 aliphatic carbocycles. The minimum atomic E-state index is -4.80. The van der Waals surface area contributed by atoms with Crippen molar-refractivity contribution < 1.29 is 44.6 Å². The van der Waals surface area contributed by atoms with E-state index in [2.05, 4.69) is 0 Å². The fourth-order valence-corrected chi connectivity index (χ4v) is 6.08. The zero-order valence-corrected chi connectivity index (χ0v) is 24.3. The molecule has 1 heterocycles. The molecule has 12 heteroatoms. The number of carbonyl (C=O) groups excluding carboxylic acids is 1. The normalized spacial score (nSPS) is 17.2. The zero-order chi connectivity index (χ0) is 31.2. The molecule has 0 spiro atoms. The third-order valence-corrected chi connectivity index (χ3v) is 8.77. The van der Waals surface area contributed by atoms with Crippen LogP contribution in [0.25, 0.3) is 11.1 Å². The van der Waals surface area contributed by atoms with E-state index in [1.54, 1.807) is 34.6 Å². The van der Waals surface area contributed by atoms with Crippen molar-refractivity contribution in [1.82, 2.24) is 0 Å². The molecule has 3 aromatic carbocycles. The molecule has 1 aliphatic rings. The summed E-state index contributed by atoms with van der Waals surface area (Å²) in [5.41, 5.74) is -2.04. The molecule has 0 saturated carbocycles. The van der Waals surface area contributed by atoms with Gasteiger partial charge in [0.25, 0.3) is 10.0 Å². The Labute approximate surface area is 241 Å². The Morgan fingerprint density at radius 2 is 1.69 bits per heavy atom. The molecular formula is C30H30F5NO5S. The second kappa shape index (κ2) is 11.2. The van der Waals surface area contributed by atoms with Crippen molar-refractivity contribution in [1.29, 1.82) is 0 Å². The number of anilines is 1. The molecule has 0 saturated heterocycles. The molecule has 0 N–H and O–H groups in total. The first kappa shape index (κ1) is 31.3. The first-order chi connectivity index (χ1) is 19.4. The number of sulfonamides is 1. The molecule has 1 aliphatic heterocycles. The first-order valence-corrected chi connectivity index (χ1v) is 14.5. The van der Waals surface area contributed by atoms with E-state index >= 15 is 0 Å². The van der Waals surface area contributed by atoms with Crippen LogP contribution >= 0.6 is 0 Å². The maximum absolute atomic E-state index is 14.6. The monoisotopic (exact) mass is 611 g/mol. The van der Waals surface area contributed by atoms with Gasteiger partial charge in [0.2, 0.25) is 0 Å². The van der Waals surface area contributed by atoms with Crippen LogP contribution in [0.2, 0.25) is 0 Å². The summed E-state index contributed by atoms with van der Waals surface area (Å²) in [5.74, 6) is -3.34. The molecule has 0 aromatic heterocycles. The van der Waals surface area contributed by atoms with Crippen molar-refractivity contribution in [3.05, 3.63) is 77.9 Å². The van der Waals surface area contributed by atoms with Crippen LogP contribution in [-0.4, -0.2) is 32.6 Å². The van der Waals surface area contributed by atoms with E-state index in [4.69, 9.17) is 9.47 Å². The molecule has 4 rings (SSSR count). The second-order valence-corrected chi connectivity index (χ2v) is 13.1. The van der Waals surface area contributed by atoms with Gasteiger partial charge in [0.15, 0.2) is 0 Å². The molecule has 42 heavy (non-hydrogen) atoms. The van der Waals surface area contributed by atoms with Crippen molar-refractivity contribution in [3.8, 4) is 16.9 Å². The van der Waals surface area contributed by atoms with Crippen LogP contribution < -0.4 is 9.04 Å². The predicted octanol–water partition coefficient (Wildman–Crippen LogP) is 7.22. The van der Waals surface area contributed by atoms with Gasteiger partial charge >= 0.3 is 12.1 Å². The highest BCUT2D eigenvalue weighted by Gasteiger charge is 2.41. The Kier molecular flexibility index (Phi) is 8.34. The summed E-state index contributed by atoms with van der Waals surface area (Å²) in [6, 6.07) is 10.2. The van der Waals surface area contributed by atoms with Gasteiger partial charge in [-0.05, 0) is 74.9 Å². The van der Waals surface area contributed by atoms with E-state index < -0.39 is 67.8 Å². The predicted molar refractivity (Wildman–Crippen MR) is 146 cm³/mol. The van der Waals surface area contributed by atoms with Gasteiger partial charge in [0.05, 0.1) is 28.6 Å². The third kappa shape index (κ3) is 6.53. The number of ether oxygens (including phenoxy) is 2. The number of alkyl halides is 3. The number of esters is 1. The topological polar surface area (TPSA) is 72.9 Å². The fourth-order valence-electron chi connectivity index (χ4n) is 4.55. The Morgan fingerprint density at radius 1 is 1.00 bits per heavy atom. The highest BCUT2D eigenvalue weighted by atomic mass is 32.2. The highest BCUT2D eigenvalue weighted by Crippen LogP contribution is 2.43.